The fourth-order valence-electron chi connectivity index (χ4n) is 2.58. The Morgan fingerprint density at radius 3 is 2.79 bits per heavy atom. The molecule has 0 aliphatic carbocycles. The summed E-state index contributed by atoms with van der Waals surface area (Å²) in [5.41, 5.74) is 1.87. The van der Waals surface area contributed by atoms with E-state index in [1.54, 1.807) is 36.4 Å². The van der Waals surface area contributed by atoms with Crippen molar-refractivity contribution < 1.29 is 17.6 Å². The molecule has 0 saturated carbocycles. The number of nitrogens with zero attached hydrogens (tertiary/aromatic N) is 1. The minimum Gasteiger partial charge on any atom is -0.462 e. The highest BCUT2D eigenvalue weighted by Gasteiger charge is 2.26. The zero-order valence-corrected chi connectivity index (χ0v) is 13.8. The van der Waals surface area contributed by atoms with Crippen LogP contribution in [0.3, 0.4) is 0 Å². The van der Waals surface area contributed by atoms with E-state index in [0.29, 0.717) is 30.1 Å². The molecule has 0 spiro atoms. The summed E-state index contributed by atoms with van der Waals surface area (Å²) < 4.78 is 29.7. The lowest BCUT2D eigenvalue weighted by molar-refractivity contribution is -0.111. The van der Waals surface area contributed by atoms with Gasteiger partial charge in [0.25, 0.3) is 10.2 Å². The molecule has 2 aromatic rings. The summed E-state index contributed by atoms with van der Waals surface area (Å²) in [6, 6.07) is 8.69. The maximum Gasteiger partial charge on any atom is 0.299 e. The van der Waals surface area contributed by atoms with Crippen LogP contribution in [0.5, 0.6) is 0 Å². The summed E-state index contributed by atoms with van der Waals surface area (Å²) in [6.07, 6.45) is 3.51. The molecule has 0 radical (unpaired) electrons. The van der Waals surface area contributed by atoms with Crippen molar-refractivity contribution in [1.82, 2.24) is 0 Å². The normalized spacial score (nSPS) is 14.2. The van der Waals surface area contributed by atoms with Gasteiger partial charge in [-0.3, -0.25) is 9.10 Å². The van der Waals surface area contributed by atoms with Gasteiger partial charge in [0.15, 0.2) is 0 Å². The van der Waals surface area contributed by atoms with Gasteiger partial charge in [0.2, 0.25) is 5.91 Å². The third kappa shape index (κ3) is 3.50. The Hall–Kier alpha value is -2.58. The van der Waals surface area contributed by atoms with Crippen molar-refractivity contribution in [2.75, 3.05) is 16.2 Å². The van der Waals surface area contributed by atoms with Crippen LogP contribution in [0.1, 0.15) is 17.1 Å². The summed E-state index contributed by atoms with van der Waals surface area (Å²) >= 11 is 0. The van der Waals surface area contributed by atoms with Crippen LogP contribution in [0.25, 0.3) is 6.08 Å². The number of carbonyl (C=O) groups excluding carboxylic acids is 1. The van der Waals surface area contributed by atoms with E-state index in [4.69, 9.17) is 9.56 Å². The van der Waals surface area contributed by atoms with Crippen LogP contribution in [0.4, 0.5) is 11.4 Å². The Bertz CT molecular complexity index is 915. The Morgan fingerprint density at radius 2 is 2.12 bits per heavy atom. The van der Waals surface area contributed by atoms with Gasteiger partial charge in [-0.2, -0.15) is 8.42 Å². The molecule has 1 aromatic heterocycles. The van der Waals surface area contributed by atoms with Crippen molar-refractivity contribution in [3.63, 3.8) is 0 Å². The van der Waals surface area contributed by atoms with Gasteiger partial charge >= 0.3 is 0 Å². The van der Waals surface area contributed by atoms with Crippen LogP contribution in [-0.4, -0.2) is 20.9 Å². The van der Waals surface area contributed by atoms with Crippen molar-refractivity contribution in [2.45, 2.75) is 13.3 Å². The number of aryl methyl sites for hydroxylation is 1. The number of nitrogens with two attached hydrogens (primary N) is 1. The highest BCUT2D eigenvalue weighted by atomic mass is 32.2. The van der Waals surface area contributed by atoms with E-state index >= 15 is 0 Å². The largest absolute Gasteiger partial charge is 0.462 e. The molecule has 1 aliphatic rings. The van der Waals surface area contributed by atoms with E-state index in [1.165, 1.54) is 6.08 Å². The highest BCUT2D eigenvalue weighted by Crippen LogP contribution is 2.32. The molecule has 0 unspecified atom stereocenters. The van der Waals surface area contributed by atoms with Crippen LogP contribution < -0.4 is 14.8 Å². The van der Waals surface area contributed by atoms with Gasteiger partial charge in [-0.15, -0.1) is 0 Å². The molecule has 1 aliphatic heterocycles. The van der Waals surface area contributed by atoms with Crippen LogP contribution >= 0.6 is 0 Å². The van der Waals surface area contributed by atoms with Crippen LogP contribution in [0, 0.1) is 6.92 Å². The molecule has 0 fully saturated rings. The summed E-state index contributed by atoms with van der Waals surface area (Å²) in [5.74, 6) is 0.998. The van der Waals surface area contributed by atoms with Crippen molar-refractivity contribution in [3.05, 3.63) is 53.5 Å². The molecule has 7 nitrogen and oxygen atoms in total. The fraction of sp³-hybridized carbons (Fsp3) is 0.188. The van der Waals surface area contributed by atoms with E-state index in [0.717, 1.165) is 15.6 Å². The lowest BCUT2D eigenvalue weighted by Crippen LogP contribution is -2.35. The Labute approximate surface area is 139 Å². The van der Waals surface area contributed by atoms with Crippen LogP contribution in [0.15, 0.2) is 40.8 Å². The molecule has 0 saturated heterocycles. The first-order chi connectivity index (χ1) is 11.3. The van der Waals surface area contributed by atoms with Gasteiger partial charge in [0.1, 0.15) is 11.5 Å². The van der Waals surface area contributed by atoms with Gasteiger partial charge in [0.05, 0.1) is 5.69 Å². The summed E-state index contributed by atoms with van der Waals surface area (Å²) in [5, 5.41) is 7.90. The molecule has 2 heterocycles. The monoisotopic (exact) mass is 347 g/mol. The number of anilines is 2. The number of hydrogen-bond acceptors (Lipinski definition) is 4. The topological polar surface area (TPSA) is 106 Å². The highest BCUT2D eigenvalue weighted by molar-refractivity contribution is 7.90. The molecule has 3 N–H and O–H groups in total. The van der Waals surface area contributed by atoms with E-state index in [9.17, 15) is 13.2 Å². The number of amides is 1. The third-order valence-electron chi connectivity index (χ3n) is 3.67. The Kier molecular flexibility index (Phi) is 4.16. The lowest BCUT2D eigenvalue weighted by Gasteiger charge is -2.16. The zero-order valence-electron chi connectivity index (χ0n) is 13.0. The zero-order chi connectivity index (χ0) is 17.3. The van der Waals surface area contributed by atoms with Gasteiger partial charge in [-0.1, -0.05) is 6.07 Å². The fourth-order valence-corrected chi connectivity index (χ4v) is 3.37. The lowest BCUT2D eigenvalue weighted by atomic mass is 10.1. The SMILES string of the molecule is Cc1ccc(/C=C\C(=O)Nc2ccc3c(c2)N(S(N)(=O)=O)CC3)o1. The standard InChI is InChI=1S/C16H17N3O4S/c1-11-2-5-14(23-11)6-7-16(20)18-13-4-3-12-8-9-19(15(12)10-13)24(17,21)22/h2-7,10H,8-9H2,1H3,(H,18,20)(H2,17,21,22)/b7-6-. The number of carbonyl (C=O) groups is 1. The Morgan fingerprint density at radius 1 is 1.33 bits per heavy atom. The van der Waals surface area contributed by atoms with Gasteiger partial charge in [0, 0.05) is 18.3 Å². The van der Waals surface area contributed by atoms with Crippen LogP contribution in [-0.2, 0) is 21.4 Å². The maximum atomic E-state index is 12.0. The van der Waals surface area contributed by atoms with Gasteiger partial charge in [-0.25, -0.2) is 5.14 Å². The number of fused-ring (bicyclic) bond motifs is 1. The number of furan rings is 1. The summed E-state index contributed by atoms with van der Waals surface area (Å²) in [6.45, 7) is 2.13. The van der Waals surface area contributed by atoms with Crippen molar-refractivity contribution in [1.29, 1.82) is 0 Å². The second-order valence-corrected chi connectivity index (χ2v) is 6.95. The van der Waals surface area contributed by atoms with Crippen molar-refractivity contribution in [2.24, 2.45) is 5.14 Å². The van der Waals surface area contributed by atoms with Crippen molar-refractivity contribution >= 4 is 33.6 Å². The molecule has 126 valence electrons. The van der Waals surface area contributed by atoms with E-state index in [1.807, 2.05) is 6.92 Å². The molecular formula is C16H17N3O4S. The minimum atomic E-state index is -3.81. The maximum absolute atomic E-state index is 12.0. The Balaban J connectivity index is 1.74. The van der Waals surface area contributed by atoms with E-state index in [2.05, 4.69) is 5.32 Å². The number of benzene rings is 1. The molecule has 0 bridgehead atoms. The second kappa shape index (κ2) is 6.14. The van der Waals surface area contributed by atoms with E-state index < -0.39 is 10.2 Å². The molecule has 8 heteroatoms. The smallest absolute Gasteiger partial charge is 0.299 e. The van der Waals surface area contributed by atoms with Gasteiger partial charge in [-0.05, 0) is 49.2 Å². The molecule has 0 atom stereocenters. The average molecular weight is 347 g/mol. The summed E-state index contributed by atoms with van der Waals surface area (Å²) in [7, 11) is -3.81. The average Bonchev–Trinajstić information content (AvgIpc) is 3.10. The number of nitrogens with one attached hydrogen (secondary N) is 1. The number of rotatable bonds is 4. The quantitative estimate of drug-likeness (QED) is 0.823. The molecular weight excluding hydrogens is 330 g/mol. The number of hydrogen-bond donors (Lipinski definition) is 2. The van der Waals surface area contributed by atoms with E-state index in [-0.39, 0.29) is 5.91 Å². The third-order valence-corrected chi connectivity index (χ3v) is 4.67. The van der Waals surface area contributed by atoms with Crippen molar-refractivity contribution in [3.8, 4) is 0 Å². The molecule has 1 amide bonds. The summed E-state index contributed by atoms with van der Waals surface area (Å²) in [4.78, 5) is 12.0. The first-order valence-electron chi connectivity index (χ1n) is 7.32. The predicted octanol–water partition coefficient (Wildman–Crippen LogP) is 1.81. The minimum absolute atomic E-state index is 0.309. The molecule has 3 rings (SSSR count). The molecule has 24 heavy (non-hydrogen) atoms. The first kappa shape index (κ1) is 16.3. The second-order valence-electron chi connectivity index (χ2n) is 5.48. The molecule has 1 aromatic carbocycles. The van der Waals surface area contributed by atoms with Crippen LogP contribution in [0.2, 0.25) is 0 Å². The first-order valence-corrected chi connectivity index (χ1v) is 8.82. The van der Waals surface area contributed by atoms with Gasteiger partial charge < -0.3 is 9.73 Å². The predicted molar refractivity (Wildman–Crippen MR) is 91.7 cm³/mol.